The predicted octanol–water partition coefficient (Wildman–Crippen LogP) is 2.49. The highest BCUT2D eigenvalue weighted by atomic mass is 35.5. The molecule has 0 radical (unpaired) electrons. The van der Waals surface area contributed by atoms with E-state index in [0.717, 1.165) is 34.1 Å². The highest BCUT2D eigenvalue weighted by Gasteiger charge is 2.24. The van der Waals surface area contributed by atoms with E-state index in [9.17, 15) is 4.79 Å². The Kier molecular flexibility index (Phi) is 3.32. The number of hydrogen-bond donors (Lipinski definition) is 2. The largest absolute Gasteiger partial charge is 0.357 e. The molecule has 3 heterocycles. The molecule has 6 nitrogen and oxygen atoms in total. The fraction of sp³-hybridized carbons (Fsp3) is 0.267. The topological polar surface area (TPSA) is 75.6 Å². The number of carbonyl (C=O) groups is 1. The molecule has 1 aliphatic heterocycles. The summed E-state index contributed by atoms with van der Waals surface area (Å²) in [6.07, 6.45) is 2.71. The van der Waals surface area contributed by atoms with Crippen LogP contribution in [0, 0.1) is 0 Å². The lowest BCUT2D eigenvalue weighted by atomic mass is 10.00. The third-order valence-corrected chi connectivity index (χ3v) is 4.86. The van der Waals surface area contributed by atoms with Gasteiger partial charge in [0.1, 0.15) is 5.69 Å². The van der Waals surface area contributed by atoms with Gasteiger partial charge in [-0.2, -0.15) is 15.0 Å². The van der Waals surface area contributed by atoms with Gasteiger partial charge in [0.05, 0.1) is 28.2 Å². The number of aromatic nitrogens is 4. The SMILES string of the molecule is Cn1ncc(-c2cc(Cl)c(Cl)c3[nH]c4c(c23)CC(=O)NCC4)n1. The van der Waals surface area contributed by atoms with E-state index in [1.807, 2.05) is 0 Å². The average molecular weight is 350 g/mol. The molecule has 0 atom stereocenters. The number of carbonyl (C=O) groups excluding carboxylic acids is 1. The Morgan fingerprint density at radius 3 is 2.91 bits per heavy atom. The molecule has 1 aliphatic rings. The van der Waals surface area contributed by atoms with E-state index in [1.165, 1.54) is 4.80 Å². The number of nitrogens with one attached hydrogen (secondary N) is 2. The summed E-state index contributed by atoms with van der Waals surface area (Å²) in [6, 6.07) is 1.78. The normalized spacial score (nSPS) is 14.7. The van der Waals surface area contributed by atoms with E-state index in [-0.39, 0.29) is 5.91 Å². The summed E-state index contributed by atoms with van der Waals surface area (Å²) in [5.74, 6) is 0.000758. The van der Waals surface area contributed by atoms with Crippen LogP contribution in [0.4, 0.5) is 0 Å². The van der Waals surface area contributed by atoms with Crippen LogP contribution < -0.4 is 5.32 Å². The van der Waals surface area contributed by atoms with Crippen LogP contribution >= 0.6 is 23.2 Å². The van der Waals surface area contributed by atoms with Gasteiger partial charge < -0.3 is 10.3 Å². The number of aryl methyl sites for hydroxylation is 1. The average Bonchev–Trinajstić information content (AvgIpc) is 3.03. The minimum absolute atomic E-state index is 0.000758. The first-order valence-corrected chi connectivity index (χ1v) is 7.95. The lowest BCUT2D eigenvalue weighted by Crippen LogP contribution is -2.24. The van der Waals surface area contributed by atoms with Gasteiger partial charge in [-0.15, -0.1) is 0 Å². The Morgan fingerprint density at radius 2 is 2.17 bits per heavy atom. The molecule has 0 fully saturated rings. The fourth-order valence-corrected chi connectivity index (χ4v) is 3.46. The Hall–Kier alpha value is -2.05. The second kappa shape index (κ2) is 5.25. The van der Waals surface area contributed by atoms with Gasteiger partial charge in [0.25, 0.3) is 0 Å². The summed E-state index contributed by atoms with van der Waals surface area (Å²) in [4.78, 5) is 16.8. The molecule has 0 aliphatic carbocycles. The second-order valence-corrected chi connectivity index (χ2v) is 6.33. The molecule has 4 rings (SSSR count). The molecule has 3 aromatic rings. The number of aromatic amines is 1. The van der Waals surface area contributed by atoms with Gasteiger partial charge in [-0.25, -0.2) is 0 Å². The number of fused-ring (bicyclic) bond motifs is 3. The zero-order valence-electron chi connectivity index (χ0n) is 12.3. The van der Waals surface area contributed by atoms with Crippen LogP contribution in [0.25, 0.3) is 22.2 Å². The van der Waals surface area contributed by atoms with E-state index in [4.69, 9.17) is 23.2 Å². The van der Waals surface area contributed by atoms with Gasteiger partial charge in [0, 0.05) is 36.7 Å². The standard InChI is InChI=1S/C15H13Cl2N5O/c1-22-19-6-11(21-22)7-4-9(16)14(17)15-13(7)8-5-12(23)18-3-2-10(8)20-15/h4,6,20H,2-3,5H2,1H3,(H,18,23). The third kappa shape index (κ3) is 2.29. The number of rotatable bonds is 1. The molecule has 2 aromatic heterocycles. The van der Waals surface area contributed by atoms with Crippen molar-refractivity contribution in [2.24, 2.45) is 7.05 Å². The van der Waals surface area contributed by atoms with E-state index >= 15 is 0 Å². The second-order valence-electron chi connectivity index (χ2n) is 5.55. The van der Waals surface area contributed by atoms with Crippen molar-refractivity contribution in [1.82, 2.24) is 25.3 Å². The van der Waals surface area contributed by atoms with Crippen LogP contribution in [0.3, 0.4) is 0 Å². The lowest BCUT2D eigenvalue weighted by Gasteiger charge is -2.06. The molecule has 0 unspecified atom stereocenters. The predicted molar refractivity (Wildman–Crippen MR) is 88.7 cm³/mol. The van der Waals surface area contributed by atoms with Crippen molar-refractivity contribution in [2.75, 3.05) is 6.54 Å². The van der Waals surface area contributed by atoms with Crippen molar-refractivity contribution in [3.63, 3.8) is 0 Å². The molecular weight excluding hydrogens is 337 g/mol. The quantitative estimate of drug-likeness (QED) is 0.708. The van der Waals surface area contributed by atoms with Crippen LogP contribution in [0.5, 0.6) is 0 Å². The molecule has 0 saturated carbocycles. The Morgan fingerprint density at radius 1 is 1.35 bits per heavy atom. The minimum Gasteiger partial charge on any atom is -0.357 e. The Labute approximate surface area is 141 Å². The molecule has 118 valence electrons. The first-order chi connectivity index (χ1) is 11.0. The van der Waals surface area contributed by atoms with E-state index in [1.54, 1.807) is 19.3 Å². The monoisotopic (exact) mass is 349 g/mol. The third-order valence-electron chi connectivity index (χ3n) is 4.07. The van der Waals surface area contributed by atoms with Gasteiger partial charge in [-0.05, 0) is 11.6 Å². The summed E-state index contributed by atoms with van der Waals surface area (Å²) in [5.41, 5.74) is 4.23. The summed E-state index contributed by atoms with van der Waals surface area (Å²) in [6.45, 7) is 0.602. The molecule has 1 amide bonds. The van der Waals surface area contributed by atoms with Crippen molar-refractivity contribution < 1.29 is 4.79 Å². The smallest absolute Gasteiger partial charge is 0.224 e. The van der Waals surface area contributed by atoms with E-state index < -0.39 is 0 Å². The Bertz CT molecular complexity index is 943. The highest BCUT2D eigenvalue weighted by Crippen LogP contribution is 2.40. The van der Waals surface area contributed by atoms with Crippen molar-refractivity contribution in [2.45, 2.75) is 12.8 Å². The molecule has 1 aromatic carbocycles. The first-order valence-electron chi connectivity index (χ1n) is 7.19. The van der Waals surface area contributed by atoms with Crippen LogP contribution in [-0.2, 0) is 24.7 Å². The number of nitrogens with zero attached hydrogens (tertiary/aromatic N) is 3. The number of halogens is 2. The highest BCUT2D eigenvalue weighted by molar-refractivity contribution is 6.45. The zero-order chi connectivity index (χ0) is 16.1. The maximum absolute atomic E-state index is 12.0. The van der Waals surface area contributed by atoms with Gasteiger partial charge in [-0.1, -0.05) is 23.2 Å². The fourth-order valence-electron chi connectivity index (χ4n) is 3.06. The van der Waals surface area contributed by atoms with Crippen molar-refractivity contribution in [3.8, 4) is 11.3 Å². The number of H-pyrrole nitrogens is 1. The van der Waals surface area contributed by atoms with Crippen molar-refractivity contribution >= 4 is 40.0 Å². The van der Waals surface area contributed by atoms with Gasteiger partial charge in [-0.3, -0.25) is 4.79 Å². The molecular formula is C15H13Cl2N5O. The van der Waals surface area contributed by atoms with Gasteiger partial charge in [0.15, 0.2) is 0 Å². The van der Waals surface area contributed by atoms with Crippen LogP contribution in [0.2, 0.25) is 10.0 Å². The first kappa shape index (κ1) is 14.5. The Balaban J connectivity index is 2.08. The summed E-state index contributed by atoms with van der Waals surface area (Å²) < 4.78 is 0. The number of hydrogen-bond acceptors (Lipinski definition) is 3. The maximum atomic E-state index is 12.0. The van der Waals surface area contributed by atoms with E-state index in [0.29, 0.717) is 28.7 Å². The zero-order valence-corrected chi connectivity index (χ0v) is 13.8. The number of amides is 1. The molecule has 0 saturated heterocycles. The minimum atomic E-state index is 0.000758. The van der Waals surface area contributed by atoms with Gasteiger partial charge in [0.2, 0.25) is 5.91 Å². The summed E-state index contributed by atoms with van der Waals surface area (Å²) in [7, 11) is 1.75. The van der Waals surface area contributed by atoms with Crippen LogP contribution in [0.1, 0.15) is 11.3 Å². The molecule has 2 N–H and O–H groups in total. The van der Waals surface area contributed by atoms with E-state index in [2.05, 4.69) is 20.5 Å². The van der Waals surface area contributed by atoms with Gasteiger partial charge >= 0.3 is 0 Å². The molecule has 0 spiro atoms. The van der Waals surface area contributed by atoms with Crippen molar-refractivity contribution in [1.29, 1.82) is 0 Å². The summed E-state index contributed by atoms with van der Waals surface area (Å²) in [5, 5.41) is 13.2. The number of benzene rings is 1. The molecule has 0 bridgehead atoms. The van der Waals surface area contributed by atoms with Crippen LogP contribution in [-0.4, -0.2) is 32.4 Å². The molecule has 8 heteroatoms. The van der Waals surface area contributed by atoms with Crippen molar-refractivity contribution in [3.05, 3.63) is 33.6 Å². The van der Waals surface area contributed by atoms with Crippen LogP contribution in [0.15, 0.2) is 12.3 Å². The maximum Gasteiger partial charge on any atom is 0.224 e. The lowest BCUT2D eigenvalue weighted by molar-refractivity contribution is -0.120. The summed E-state index contributed by atoms with van der Waals surface area (Å²) >= 11 is 12.7. The molecule has 23 heavy (non-hydrogen) atoms.